The van der Waals surface area contributed by atoms with Crippen molar-refractivity contribution in [3.05, 3.63) is 35.4 Å². The minimum atomic E-state index is -0.476. The van der Waals surface area contributed by atoms with Crippen LogP contribution < -0.4 is 5.32 Å². The van der Waals surface area contributed by atoms with Crippen molar-refractivity contribution < 1.29 is 8.78 Å². The van der Waals surface area contributed by atoms with Crippen LogP contribution in [0, 0.1) is 11.6 Å². The Hall–Kier alpha value is -1.00. The molecule has 0 spiro atoms. The molecule has 1 aliphatic rings. The summed E-state index contributed by atoms with van der Waals surface area (Å²) in [6, 6.07) is 4.01. The minimum absolute atomic E-state index is 0.141. The number of benzene rings is 1. The summed E-state index contributed by atoms with van der Waals surface area (Å²) in [5.41, 5.74) is 0.141. The number of likely N-dealkylation sites (N-methyl/N-ethyl adjacent to an activating group) is 1. The van der Waals surface area contributed by atoms with E-state index in [0.29, 0.717) is 6.04 Å². The van der Waals surface area contributed by atoms with Gasteiger partial charge in [-0.1, -0.05) is 6.07 Å². The molecule has 0 radical (unpaired) electrons. The van der Waals surface area contributed by atoms with E-state index in [2.05, 4.69) is 17.3 Å². The zero-order valence-corrected chi connectivity index (χ0v) is 10.2. The molecule has 0 aromatic heterocycles. The molecule has 2 unspecified atom stereocenters. The number of rotatable bonds is 3. The van der Waals surface area contributed by atoms with Crippen LogP contribution in [0.1, 0.15) is 24.9 Å². The Bertz CT molecular complexity index is 375. The second-order valence-electron chi connectivity index (χ2n) is 4.77. The zero-order valence-electron chi connectivity index (χ0n) is 10.2. The van der Waals surface area contributed by atoms with Crippen molar-refractivity contribution in [3.8, 4) is 0 Å². The third kappa shape index (κ3) is 2.82. The molecule has 1 aliphatic heterocycles. The van der Waals surface area contributed by atoms with Crippen LogP contribution in [0.4, 0.5) is 8.78 Å². The van der Waals surface area contributed by atoms with Crippen molar-refractivity contribution >= 4 is 0 Å². The highest BCUT2D eigenvalue weighted by Gasteiger charge is 2.23. The normalized spacial score (nSPS) is 22.9. The first-order chi connectivity index (χ1) is 8.08. The number of halogens is 2. The fourth-order valence-corrected chi connectivity index (χ4v) is 2.43. The second kappa shape index (κ2) is 5.10. The lowest BCUT2D eigenvalue weighted by atomic mass is 10.1. The molecule has 1 aromatic carbocycles. The molecule has 0 bridgehead atoms. The Balaban J connectivity index is 2.07. The molecule has 1 N–H and O–H groups in total. The van der Waals surface area contributed by atoms with E-state index in [1.807, 2.05) is 0 Å². The first-order valence-electron chi connectivity index (χ1n) is 5.96. The summed E-state index contributed by atoms with van der Waals surface area (Å²) in [6.45, 7) is 3.77. The van der Waals surface area contributed by atoms with E-state index in [4.69, 9.17) is 0 Å². The Morgan fingerprint density at radius 1 is 1.35 bits per heavy atom. The number of hydrogen-bond acceptors (Lipinski definition) is 2. The molecule has 17 heavy (non-hydrogen) atoms. The number of likely N-dealkylation sites (tertiary alicyclic amines) is 1. The van der Waals surface area contributed by atoms with Crippen molar-refractivity contribution in [2.24, 2.45) is 0 Å². The maximum absolute atomic E-state index is 13.6. The van der Waals surface area contributed by atoms with Crippen molar-refractivity contribution in [2.45, 2.75) is 25.4 Å². The van der Waals surface area contributed by atoms with E-state index in [0.717, 1.165) is 19.5 Å². The monoisotopic (exact) mass is 240 g/mol. The van der Waals surface area contributed by atoms with Crippen molar-refractivity contribution in [3.63, 3.8) is 0 Å². The van der Waals surface area contributed by atoms with Gasteiger partial charge in [0.15, 0.2) is 0 Å². The van der Waals surface area contributed by atoms with Crippen molar-refractivity contribution in [2.75, 3.05) is 20.1 Å². The molecule has 0 saturated carbocycles. The van der Waals surface area contributed by atoms with Crippen LogP contribution >= 0.6 is 0 Å². The van der Waals surface area contributed by atoms with Gasteiger partial charge >= 0.3 is 0 Å². The Morgan fingerprint density at radius 3 is 2.53 bits per heavy atom. The number of hydrogen-bond donors (Lipinski definition) is 1. The lowest BCUT2D eigenvalue weighted by Crippen LogP contribution is -2.34. The Labute approximate surface area is 101 Å². The molecular weight excluding hydrogens is 222 g/mol. The second-order valence-corrected chi connectivity index (χ2v) is 4.77. The van der Waals surface area contributed by atoms with Crippen LogP contribution in [0.3, 0.4) is 0 Å². The Kier molecular flexibility index (Phi) is 3.74. The maximum atomic E-state index is 13.6. The highest BCUT2D eigenvalue weighted by Crippen LogP contribution is 2.22. The van der Waals surface area contributed by atoms with Crippen LogP contribution in [0.25, 0.3) is 0 Å². The molecule has 2 atom stereocenters. The number of nitrogens with one attached hydrogen (secondary N) is 1. The topological polar surface area (TPSA) is 15.3 Å². The van der Waals surface area contributed by atoms with Crippen LogP contribution in [-0.2, 0) is 0 Å². The van der Waals surface area contributed by atoms with Gasteiger partial charge < -0.3 is 10.2 Å². The van der Waals surface area contributed by atoms with Gasteiger partial charge in [0.25, 0.3) is 0 Å². The molecule has 0 aliphatic carbocycles. The van der Waals surface area contributed by atoms with Gasteiger partial charge in [-0.05, 0) is 39.1 Å². The molecule has 0 amide bonds. The lowest BCUT2D eigenvalue weighted by molar-refractivity contribution is 0.381. The van der Waals surface area contributed by atoms with Crippen LogP contribution in [0.5, 0.6) is 0 Å². The highest BCUT2D eigenvalue weighted by atomic mass is 19.1. The van der Waals surface area contributed by atoms with E-state index in [1.165, 1.54) is 18.2 Å². The molecular formula is C13H18F2N2. The third-order valence-electron chi connectivity index (χ3n) is 3.31. The molecule has 1 aromatic rings. The molecule has 1 saturated heterocycles. The first kappa shape index (κ1) is 12.5. The van der Waals surface area contributed by atoms with Gasteiger partial charge in [-0.25, -0.2) is 8.78 Å². The fraction of sp³-hybridized carbons (Fsp3) is 0.538. The van der Waals surface area contributed by atoms with Gasteiger partial charge in [-0.15, -0.1) is 0 Å². The van der Waals surface area contributed by atoms with E-state index < -0.39 is 11.6 Å². The molecule has 1 fully saturated rings. The molecule has 2 nitrogen and oxygen atoms in total. The fourth-order valence-electron chi connectivity index (χ4n) is 2.43. The summed E-state index contributed by atoms with van der Waals surface area (Å²) in [6.07, 6.45) is 1.02. The van der Waals surface area contributed by atoms with Gasteiger partial charge in [0, 0.05) is 24.2 Å². The Morgan fingerprint density at radius 2 is 2.00 bits per heavy atom. The smallest absolute Gasteiger partial charge is 0.130 e. The standard InChI is InChI=1S/C13H18F2N2/c1-9(16-10-6-7-17(2)8-10)13-11(14)4-3-5-12(13)15/h3-5,9-10,16H,6-8H2,1-2H3. The van der Waals surface area contributed by atoms with Crippen LogP contribution in [0.15, 0.2) is 18.2 Å². The average Bonchev–Trinajstić information content (AvgIpc) is 2.63. The minimum Gasteiger partial charge on any atom is -0.306 e. The largest absolute Gasteiger partial charge is 0.306 e. The van der Waals surface area contributed by atoms with E-state index in [-0.39, 0.29) is 11.6 Å². The quantitative estimate of drug-likeness (QED) is 0.872. The SMILES string of the molecule is CC(NC1CCN(C)C1)c1c(F)cccc1F. The summed E-state index contributed by atoms with van der Waals surface area (Å²) in [5.74, 6) is -0.951. The summed E-state index contributed by atoms with van der Waals surface area (Å²) in [4.78, 5) is 2.21. The predicted molar refractivity (Wildman–Crippen MR) is 63.8 cm³/mol. The van der Waals surface area contributed by atoms with Crippen molar-refractivity contribution in [1.29, 1.82) is 0 Å². The predicted octanol–water partition coefficient (Wildman–Crippen LogP) is 2.32. The molecule has 4 heteroatoms. The molecule has 2 rings (SSSR count). The van der Waals surface area contributed by atoms with Gasteiger partial charge in [0.05, 0.1) is 0 Å². The molecule has 1 heterocycles. The summed E-state index contributed by atoms with van der Waals surface area (Å²) < 4.78 is 27.1. The maximum Gasteiger partial charge on any atom is 0.130 e. The highest BCUT2D eigenvalue weighted by molar-refractivity contribution is 5.23. The van der Waals surface area contributed by atoms with E-state index >= 15 is 0 Å². The van der Waals surface area contributed by atoms with Crippen LogP contribution in [0.2, 0.25) is 0 Å². The molecule has 94 valence electrons. The van der Waals surface area contributed by atoms with Crippen molar-refractivity contribution in [1.82, 2.24) is 10.2 Å². The van der Waals surface area contributed by atoms with Gasteiger partial charge in [-0.2, -0.15) is 0 Å². The summed E-state index contributed by atoms with van der Waals surface area (Å²) in [5, 5.41) is 3.29. The van der Waals surface area contributed by atoms with E-state index in [1.54, 1.807) is 6.92 Å². The van der Waals surface area contributed by atoms with E-state index in [9.17, 15) is 8.78 Å². The zero-order chi connectivity index (χ0) is 12.4. The first-order valence-corrected chi connectivity index (χ1v) is 5.96. The summed E-state index contributed by atoms with van der Waals surface area (Å²) in [7, 11) is 2.05. The van der Waals surface area contributed by atoms with Crippen LogP contribution in [-0.4, -0.2) is 31.1 Å². The van der Waals surface area contributed by atoms with Gasteiger partial charge in [0.1, 0.15) is 11.6 Å². The number of nitrogens with zero attached hydrogens (tertiary/aromatic N) is 1. The van der Waals surface area contributed by atoms with Gasteiger partial charge in [-0.3, -0.25) is 0 Å². The summed E-state index contributed by atoms with van der Waals surface area (Å²) >= 11 is 0. The third-order valence-corrected chi connectivity index (χ3v) is 3.31. The average molecular weight is 240 g/mol. The lowest BCUT2D eigenvalue weighted by Gasteiger charge is -2.20. The van der Waals surface area contributed by atoms with Gasteiger partial charge in [0.2, 0.25) is 0 Å².